The predicted molar refractivity (Wildman–Crippen MR) is 64.1 cm³/mol. The summed E-state index contributed by atoms with van der Waals surface area (Å²) in [4.78, 5) is 11.7. The molecule has 1 aliphatic rings. The van der Waals surface area contributed by atoms with E-state index < -0.39 is 0 Å². The van der Waals surface area contributed by atoms with Crippen LogP contribution in [-0.4, -0.2) is 32.9 Å². The molecule has 1 aliphatic carbocycles. The third kappa shape index (κ3) is 2.55. The maximum atomic E-state index is 11.7. The van der Waals surface area contributed by atoms with Gasteiger partial charge in [-0.15, -0.1) is 0 Å². The average molecular weight is 235 g/mol. The van der Waals surface area contributed by atoms with Crippen molar-refractivity contribution in [1.29, 1.82) is 0 Å². The molecule has 5 heteroatoms. The molecule has 92 valence electrons. The Balaban J connectivity index is 1.93. The fraction of sp³-hybridized carbons (Fsp3) is 0.500. The lowest BCUT2D eigenvalue weighted by Crippen LogP contribution is -2.55. The zero-order chi connectivity index (χ0) is 12.3. The normalized spacial score (nSPS) is 18.0. The third-order valence-electron chi connectivity index (χ3n) is 3.27. The number of nitrogens with one attached hydrogen (secondary N) is 1. The van der Waals surface area contributed by atoms with Gasteiger partial charge in [-0.05, 0) is 31.4 Å². The molecule has 5 nitrogen and oxygen atoms in total. The molecule has 0 atom stereocenters. The summed E-state index contributed by atoms with van der Waals surface area (Å²) in [6.07, 6.45) is 7.65. The largest absolute Gasteiger partial charge is 0.394 e. The van der Waals surface area contributed by atoms with E-state index in [0.717, 1.165) is 25.0 Å². The van der Waals surface area contributed by atoms with E-state index in [4.69, 9.17) is 0 Å². The van der Waals surface area contributed by atoms with Crippen LogP contribution in [0.5, 0.6) is 0 Å². The number of rotatable bonds is 4. The number of aliphatic hydroxyl groups excluding tert-OH is 1. The van der Waals surface area contributed by atoms with Gasteiger partial charge in [0.2, 0.25) is 5.91 Å². The van der Waals surface area contributed by atoms with E-state index in [-0.39, 0.29) is 18.1 Å². The number of aliphatic hydroxyl groups is 1. The highest BCUT2D eigenvalue weighted by Gasteiger charge is 2.37. The second-order valence-corrected chi connectivity index (χ2v) is 4.49. The average Bonchev–Trinajstić information content (AvgIpc) is 2.67. The van der Waals surface area contributed by atoms with Crippen LogP contribution in [0.15, 0.2) is 18.3 Å². The minimum absolute atomic E-state index is 0.0122. The minimum atomic E-state index is -0.381. The van der Waals surface area contributed by atoms with Gasteiger partial charge in [0.05, 0.1) is 17.8 Å². The van der Waals surface area contributed by atoms with E-state index in [1.807, 2.05) is 13.1 Å². The van der Waals surface area contributed by atoms with Crippen LogP contribution in [0, 0.1) is 0 Å². The summed E-state index contributed by atoms with van der Waals surface area (Å²) < 4.78 is 1.69. The molecule has 17 heavy (non-hydrogen) atoms. The van der Waals surface area contributed by atoms with Crippen molar-refractivity contribution in [3.05, 3.63) is 24.0 Å². The molecule has 0 aromatic carbocycles. The highest BCUT2D eigenvalue weighted by atomic mass is 16.3. The molecule has 0 aliphatic heterocycles. The molecule has 2 rings (SSSR count). The molecule has 2 N–H and O–H groups in total. The van der Waals surface area contributed by atoms with E-state index in [2.05, 4.69) is 10.4 Å². The molecular weight excluding hydrogens is 218 g/mol. The number of carbonyl (C=O) groups is 1. The van der Waals surface area contributed by atoms with E-state index >= 15 is 0 Å². The van der Waals surface area contributed by atoms with Gasteiger partial charge in [-0.25, -0.2) is 0 Å². The van der Waals surface area contributed by atoms with Gasteiger partial charge in [0.15, 0.2) is 0 Å². The fourth-order valence-corrected chi connectivity index (χ4v) is 1.94. The Morgan fingerprint density at radius 1 is 1.71 bits per heavy atom. The number of aromatic nitrogens is 2. The Morgan fingerprint density at radius 3 is 2.94 bits per heavy atom. The summed E-state index contributed by atoms with van der Waals surface area (Å²) in [5.41, 5.74) is 0.486. The lowest BCUT2D eigenvalue weighted by Gasteiger charge is -2.40. The topological polar surface area (TPSA) is 67.2 Å². The van der Waals surface area contributed by atoms with Crippen molar-refractivity contribution >= 4 is 12.0 Å². The monoisotopic (exact) mass is 235 g/mol. The van der Waals surface area contributed by atoms with Gasteiger partial charge in [-0.1, -0.05) is 0 Å². The van der Waals surface area contributed by atoms with Crippen LogP contribution in [0.3, 0.4) is 0 Å². The molecule has 0 radical (unpaired) electrons. The first-order valence-electron chi connectivity index (χ1n) is 5.74. The van der Waals surface area contributed by atoms with Crippen molar-refractivity contribution in [3.8, 4) is 0 Å². The first-order chi connectivity index (χ1) is 8.15. The summed E-state index contributed by atoms with van der Waals surface area (Å²) in [5, 5.41) is 16.1. The molecule has 0 spiro atoms. The lowest BCUT2D eigenvalue weighted by molar-refractivity contribution is -0.120. The molecule has 0 saturated heterocycles. The van der Waals surface area contributed by atoms with Crippen molar-refractivity contribution in [2.45, 2.75) is 24.8 Å². The van der Waals surface area contributed by atoms with E-state index in [9.17, 15) is 9.90 Å². The van der Waals surface area contributed by atoms with Crippen LogP contribution in [0.1, 0.15) is 25.0 Å². The molecule has 1 saturated carbocycles. The van der Waals surface area contributed by atoms with Crippen LogP contribution in [0.25, 0.3) is 6.08 Å². The molecule has 1 fully saturated rings. The zero-order valence-corrected chi connectivity index (χ0v) is 9.89. The van der Waals surface area contributed by atoms with Gasteiger partial charge >= 0.3 is 0 Å². The van der Waals surface area contributed by atoms with E-state index in [0.29, 0.717) is 0 Å². The van der Waals surface area contributed by atoms with Gasteiger partial charge in [-0.2, -0.15) is 5.10 Å². The second-order valence-electron chi connectivity index (χ2n) is 4.49. The van der Waals surface area contributed by atoms with Crippen LogP contribution in [0.2, 0.25) is 0 Å². The third-order valence-corrected chi connectivity index (χ3v) is 3.27. The number of nitrogens with zero attached hydrogens (tertiary/aromatic N) is 2. The fourth-order valence-electron chi connectivity index (χ4n) is 1.94. The zero-order valence-electron chi connectivity index (χ0n) is 9.89. The standard InChI is InChI=1S/C12H17N3O2/c1-15-10(5-8-13-15)3-4-11(17)14-12(9-16)6-2-7-12/h3-5,8,16H,2,6-7,9H2,1H3,(H,14,17)/b4-3+. The summed E-state index contributed by atoms with van der Waals surface area (Å²) >= 11 is 0. The Kier molecular flexibility index (Phi) is 3.28. The summed E-state index contributed by atoms with van der Waals surface area (Å²) in [6.45, 7) is 0.0122. The van der Waals surface area contributed by atoms with Crippen molar-refractivity contribution < 1.29 is 9.90 Å². The highest BCUT2D eigenvalue weighted by Crippen LogP contribution is 2.31. The van der Waals surface area contributed by atoms with E-state index in [1.165, 1.54) is 6.08 Å². The number of carbonyl (C=O) groups excluding carboxylic acids is 1. The van der Waals surface area contributed by atoms with Gasteiger partial charge in [0.25, 0.3) is 0 Å². The van der Waals surface area contributed by atoms with Gasteiger partial charge in [-0.3, -0.25) is 9.48 Å². The Morgan fingerprint density at radius 2 is 2.47 bits per heavy atom. The molecular formula is C12H17N3O2. The quantitative estimate of drug-likeness (QED) is 0.745. The summed E-state index contributed by atoms with van der Waals surface area (Å²) in [5.74, 6) is -0.167. The first-order valence-corrected chi connectivity index (χ1v) is 5.74. The highest BCUT2D eigenvalue weighted by molar-refractivity contribution is 5.92. The van der Waals surface area contributed by atoms with Gasteiger partial charge < -0.3 is 10.4 Å². The Hall–Kier alpha value is -1.62. The number of hydrogen-bond donors (Lipinski definition) is 2. The maximum absolute atomic E-state index is 11.7. The van der Waals surface area contributed by atoms with Crippen LogP contribution >= 0.6 is 0 Å². The van der Waals surface area contributed by atoms with Crippen molar-refractivity contribution in [1.82, 2.24) is 15.1 Å². The molecule has 0 bridgehead atoms. The second kappa shape index (κ2) is 4.71. The van der Waals surface area contributed by atoms with Crippen LogP contribution in [0.4, 0.5) is 0 Å². The van der Waals surface area contributed by atoms with Crippen LogP contribution in [-0.2, 0) is 11.8 Å². The summed E-state index contributed by atoms with van der Waals surface area (Å²) in [7, 11) is 1.82. The number of aryl methyl sites for hydroxylation is 1. The van der Waals surface area contributed by atoms with E-state index in [1.54, 1.807) is 17.0 Å². The van der Waals surface area contributed by atoms with Crippen molar-refractivity contribution in [2.24, 2.45) is 7.05 Å². The Labute approximate surface area is 100 Å². The van der Waals surface area contributed by atoms with Crippen LogP contribution < -0.4 is 5.32 Å². The molecule has 1 amide bonds. The smallest absolute Gasteiger partial charge is 0.244 e. The van der Waals surface area contributed by atoms with Crippen molar-refractivity contribution in [2.75, 3.05) is 6.61 Å². The lowest BCUT2D eigenvalue weighted by atomic mass is 9.77. The number of amides is 1. The first kappa shape index (κ1) is 11.9. The SMILES string of the molecule is Cn1nccc1/C=C/C(=O)NC1(CO)CCC1. The van der Waals surface area contributed by atoms with Gasteiger partial charge in [0.1, 0.15) is 0 Å². The molecule has 0 unspecified atom stereocenters. The Bertz CT molecular complexity index is 427. The minimum Gasteiger partial charge on any atom is -0.394 e. The number of hydrogen-bond acceptors (Lipinski definition) is 3. The van der Waals surface area contributed by atoms with Gasteiger partial charge in [0, 0.05) is 19.3 Å². The molecule has 1 aromatic heterocycles. The van der Waals surface area contributed by atoms with Crippen molar-refractivity contribution in [3.63, 3.8) is 0 Å². The molecule has 1 heterocycles. The molecule has 1 aromatic rings. The summed E-state index contributed by atoms with van der Waals surface area (Å²) in [6, 6.07) is 1.83. The predicted octanol–water partition coefficient (Wildman–Crippen LogP) is 0.464. The maximum Gasteiger partial charge on any atom is 0.244 e.